The van der Waals surface area contributed by atoms with Crippen LogP contribution >= 0.6 is 0 Å². The Bertz CT molecular complexity index is 886. The molecule has 1 atom stereocenters. The van der Waals surface area contributed by atoms with E-state index in [-0.39, 0.29) is 11.9 Å². The van der Waals surface area contributed by atoms with Gasteiger partial charge >= 0.3 is 0 Å². The van der Waals surface area contributed by atoms with Crippen LogP contribution in [0.15, 0.2) is 54.9 Å². The fraction of sp³-hybridized carbons (Fsp3) is 0.250. The Balaban J connectivity index is 1.60. The number of nitrogens with zero attached hydrogens (tertiary/aromatic N) is 4. The van der Waals surface area contributed by atoms with Gasteiger partial charge in [0.15, 0.2) is 5.82 Å². The Morgan fingerprint density at radius 2 is 1.85 bits per heavy atom. The average molecular weight is 350 g/mol. The number of hydrogen-bond donors (Lipinski definition) is 0. The largest absolute Gasteiger partial charge is 0.370 e. The summed E-state index contributed by atoms with van der Waals surface area (Å²) in [5.74, 6) is 1.32. The lowest BCUT2D eigenvalue weighted by Crippen LogP contribution is -2.39. The maximum absolute atomic E-state index is 13.2. The van der Waals surface area contributed by atoms with Gasteiger partial charge in [0.25, 0.3) is 0 Å². The highest BCUT2D eigenvalue weighted by atomic mass is 19.1. The van der Waals surface area contributed by atoms with Crippen molar-refractivity contribution in [3.05, 3.63) is 71.9 Å². The predicted octanol–water partition coefficient (Wildman–Crippen LogP) is 3.56. The molecule has 4 rings (SSSR count). The zero-order chi connectivity index (χ0) is 17.9. The van der Waals surface area contributed by atoms with Crippen molar-refractivity contribution in [3.63, 3.8) is 0 Å². The summed E-state index contributed by atoms with van der Waals surface area (Å²) in [5.41, 5.74) is 2.82. The molecule has 1 fully saturated rings. The highest BCUT2D eigenvalue weighted by Gasteiger charge is 2.23. The van der Waals surface area contributed by atoms with Gasteiger partial charge in [-0.25, -0.2) is 14.4 Å². The SMILES string of the molecule is Cc1cc(N2CCOC(c3ccc(F)cc3)C2)nc(-c2ccncc2)n1. The van der Waals surface area contributed by atoms with Crippen LogP contribution in [-0.4, -0.2) is 34.6 Å². The standard InChI is InChI=1S/C20H19FN4O/c1-14-12-19(24-20(23-14)16-6-8-22-9-7-16)25-10-11-26-18(13-25)15-2-4-17(21)5-3-15/h2-9,12,18H,10-11,13H2,1H3. The first-order valence-electron chi connectivity index (χ1n) is 8.57. The van der Waals surface area contributed by atoms with Crippen molar-refractivity contribution < 1.29 is 9.13 Å². The number of rotatable bonds is 3. The van der Waals surface area contributed by atoms with Crippen molar-refractivity contribution in [1.29, 1.82) is 0 Å². The van der Waals surface area contributed by atoms with Crippen molar-refractivity contribution in [1.82, 2.24) is 15.0 Å². The summed E-state index contributed by atoms with van der Waals surface area (Å²) in [5, 5.41) is 0. The Hall–Kier alpha value is -2.86. The highest BCUT2D eigenvalue weighted by molar-refractivity contribution is 5.57. The Kier molecular flexibility index (Phi) is 4.58. The molecule has 0 aliphatic carbocycles. The van der Waals surface area contributed by atoms with Crippen molar-refractivity contribution in [2.24, 2.45) is 0 Å². The van der Waals surface area contributed by atoms with Gasteiger partial charge in [0, 0.05) is 42.8 Å². The Morgan fingerprint density at radius 1 is 1.08 bits per heavy atom. The maximum Gasteiger partial charge on any atom is 0.161 e. The van der Waals surface area contributed by atoms with Crippen molar-refractivity contribution in [2.45, 2.75) is 13.0 Å². The van der Waals surface area contributed by atoms with Gasteiger partial charge in [-0.05, 0) is 36.8 Å². The maximum atomic E-state index is 13.2. The second-order valence-corrected chi connectivity index (χ2v) is 6.28. The Labute approximate surface area is 151 Å². The minimum atomic E-state index is -0.241. The lowest BCUT2D eigenvalue weighted by Gasteiger charge is -2.34. The molecule has 2 aromatic heterocycles. The van der Waals surface area contributed by atoms with Gasteiger partial charge in [-0.1, -0.05) is 12.1 Å². The van der Waals surface area contributed by atoms with Crippen LogP contribution in [0.5, 0.6) is 0 Å². The van der Waals surface area contributed by atoms with Crippen LogP contribution < -0.4 is 4.90 Å². The number of pyridine rings is 1. The molecule has 0 spiro atoms. The van der Waals surface area contributed by atoms with Crippen LogP contribution in [0.2, 0.25) is 0 Å². The van der Waals surface area contributed by atoms with Gasteiger partial charge in [-0.15, -0.1) is 0 Å². The van der Waals surface area contributed by atoms with E-state index >= 15 is 0 Å². The molecule has 6 heteroatoms. The van der Waals surface area contributed by atoms with Crippen LogP contribution in [0.1, 0.15) is 17.4 Å². The smallest absolute Gasteiger partial charge is 0.161 e. The molecule has 3 heterocycles. The fourth-order valence-electron chi connectivity index (χ4n) is 3.08. The summed E-state index contributed by atoms with van der Waals surface area (Å²) < 4.78 is 19.1. The number of hydrogen-bond acceptors (Lipinski definition) is 5. The quantitative estimate of drug-likeness (QED) is 0.723. The number of halogens is 1. The van der Waals surface area contributed by atoms with E-state index in [0.717, 1.165) is 29.2 Å². The monoisotopic (exact) mass is 350 g/mol. The number of aromatic nitrogens is 3. The Morgan fingerprint density at radius 3 is 2.62 bits per heavy atom. The third kappa shape index (κ3) is 3.55. The molecular formula is C20H19FN4O. The fourth-order valence-corrected chi connectivity index (χ4v) is 3.08. The lowest BCUT2D eigenvalue weighted by molar-refractivity contribution is 0.0395. The van der Waals surface area contributed by atoms with Crippen LogP contribution in [0.3, 0.4) is 0 Å². The predicted molar refractivity (Wildman–Crippen MR) is 97.3 cm³/mol. The van der Waals surface area contributed by atoms with E-state index in [2.05, 4.69) is 14.9 Å². The zero-order valence-electron chi connectivity index (χ0n) is 14.5. The second-order valence-electron chi connectivity index (χ2n) is 6.28. The molecule has 1 aliphatic heterocycles. The second kappa shape index (κ2) is 7.17. The number of benzene rings is 1. The van der Waals surface area contributed by atoms with E-state index in [9.17, 15) is 4.39 Å². The molecule has 1 aliphatic rings. The topological polar surface area (TPSA) is 51.1 Å². The van der Waals surface area contributed by atoms with Crippen molar-refractivity contribution in [3.8, 4) is 11.4 Å². The first-order valence-corrected chi connectivity index (χ1v) is 8.57. The molecule has 26 heavy (non-hydrogen) atoms. The number of ether oxygens (including phenoxy) is 1. The molecular weight excluding hydrogens is 331 g/mol. The third-order valence-electron chi connectivity index (χ3n) is 4.41. The van der Waals surface area contributed by atoms with E-state index in [1.54, 1.807) is 24.5 Å². The van der Waals surface area contributed by atoms with Crippen LogP contribution in [0, 0.1) is 12.7 Å². The summed E-state index contributed by atoms with van der Waals surface area (Å²) in [7, 11) is 0. The molecule has 0 saturated carbocycles. The molecule has 0 amide bonds. The molecule has 5 nitrogen and oxygen atoms in total. The summed E-state index contributed by atoms with van der Waals surface area (Å²) >= 11 is 0. The van der Waals surface area contributed by atoms with E-state index in [1.807, 2.05) is 25.1 Å². The first kappa shape index (κ1) is 16.6. The molecule has 132 valence electrons. The van der Waals surface area contributed by atoms with E-state index in [4.69, 9.17) is 9.72 Å². The van der Waals surface area contributed by atoms with Crippen molar-refractivity contribution in [2.75, 3.05) is 24.6 Å². The van der Waals surface area contributed by atoms with Gasteiger partial charge in [-0.2, -0.15) is 0 Å². The van der Waals surface area contributed by atoms with Crippen molar-refractivity contribution >= 4 is 5.82 Å². The molecule has 0 bridgehead atoms. The average Bonchev–Trinajstić information content (AvgIpc) is 2.69. The third-order valence-corrected chi connectivity index (χ3v) is 4.41. The lowest BCUT2D eigenvalue weighted by atomic mass is 10.1. The summed E-state index contributed by atoms with van der Waals surface area (Å²) in [4.78, 5) is 15.5. The van der Waals surface area contributed by atoms with E-state index < -0.39 is 0 Å². The highest BCUT2D eigenvalue weighted by Crippen LogP contribution is 2.27. The summed E-state index contributed by atoms with van der Waals surface area (Å²) in [6, 6.07) is 12.3. The van der Waals surface area contributed by atoms with Gasteiger partial charge in [0.2, 0.25) is 0 Å². The summed E-state index contributed by atoms with van der Waals surface area (Å²) in [6.07, 6.45) is 3.36. The van der Waals surface area contributed by atoms with Crippen LogP contribution in [0.25, 0.3) is 11.4 Å². The number of anilines is 1. The van der Waals surface area contributed by atoms with Gasteiger partial charge in [0.05, 0.1) is 6.61 Å². The van der Waals surface area contributed by atoms with Crippen LogP contribution in [-0.2, 0) is 4.74 Å². The zero-order valence-corrected chi connectivity index (χ0v) is 14.5. The number of morpholine rings is 1. The first-order chi connectivity index (χ1) is 12.7. The van der Waals surface area contributed by atoms with Gasteiger partial charge < -0.3 is 9.64 Å². The number of aryl methyl sites for hydroxylation is 1. The summed E-state index contributed by atoms with van der Waals surface area (Å²) in [6.45, 7) is 3.98. The molecule has 0 radical (unpaired) electrons. The van der Waals surface area contributed by atoms with Gasteiger partial charge in [-0.3, -0.25) is 4.98 Å². The molecule has 0 N–H and O–H groups in total. The normalized spacial score (nSPS) is 17.3. The molecule has 1 aromatic carbocycles. The van der Waals surface area contributed by atoms with Crippen LogP contribution in [0.4, 0.5) is 10.2 Å². The minimum absolute atomic E-state index is 0.107. The molecule has 1 unspecified atom stereocenters. The molecule has 1 saturated heterocycles. The van der Waals surface area contributed by atoms with E-state index in [1.165, 1.54) is 12.1 Å². The van der Waals surface area contributed by atoms with E-state index in [0.29, 0.717) is 19.0 Å². The molecule has 3 aromatic rings. The minimum Gasteiger partial charge on any atom is -0.370 e. The van der Waals surface area contributed by atoms with Gasteiger partial charge in [0.1, 0.15) is 17.7 Å².